The molecule has 0 aliphatic carbocycles. The Morgan fingerprint density at radius 1 is 0.762 bits per heavy atom. The van der Waals surface area contributed by atoms with E-state index in [0.717, 1.165) is 0 Å². The molecule has 0 radical (unpaired) electrons. The number of hydrogen-bond donors (Lipinski definition) is 0. The minimum atomic E-state index is 0.200. The zero-order chi connectivity index (χ0) is 14.1. The van der Waals surface area contributed by atoms with E-state index in [1.54, 1.807) is 0 Å². The Morgan fingerprint density at radius 2 is 1.24 bits per heavy atom. The van der Waals surface area contributed by atoms with E-state index in [9.17, 15) is 0 Å². The third-order valence-electron chi connectivity index (χ3n) is 5.17. The molecule has 3 heteroatoms. The summed E-state index contributed by atoms with van der Waals surface area (Å²) in [5, 5.41) is 2.67. The third kappa shape index (κ3) is 1.71. The third-order valence-corrected chi connectivity index (χ3v) is 5.17. The van der Waals surface area contributed by atoms with Gasteiger partial charge in [-0.3, -0.25) is 0 Å². The van der Waals surface area contributed by atoms with Crippen LogP contribution in [0.25, 0.3) is 10.8 Å². The molecule has 4 atom stereocenters. The predicted molar refractivity (Wildman–Crippen MR) is 79.5 cm³/mol. The molecular formula is C18H18O3. The quantitative estimate of drug-likeness (QED) is 0.695. The van der Waals surface area contributed by atoms with Crippen molar-refractivity contribution in [3.05, 3.63) is 46.5 Å². The first-order valence-electron chi connectivity index (χ1n) is 7.65. The smallest absolute Gasteiger partial charge is 0.112 e. The molecule has 2 aromatic rings. The number of epoxide rings is 2. The summed E-state index contributed by atoms with van der Waals surface area (Å²) in [6, 6.07) is 8.93. The number of hydrogen-bond acceptors (Lipinski definition) is 3. The van der Waals surface area contributed by atoms with Crippen molar-refractivity contribution in [2.45, 2.75) is 38.3 Å². The van der Waals surface area contributed by atoms with Crippen LogP contribution in [0.3, 0.4) is 0 Å². The van der Waals surface area contributed by atoms with E-state index >= 15 is 0 Å². The Kier molecular flexibility index (Phi) is 2.35. The molecule has 21 heavy (non-hydrogen) atoms. The lowest BCUT2D eigenvalue weighted by molar-refractivity contribution is 0.102. The SMILES string of the molecule is Cc1c2ccc3c(C)c(ccc13)C1OC1COCC1OC21. The summed E-state index contributed by atoms with van der Waals surface area (Å²) in [5.74, 6) is 0. The van der Waals surface area contributed by atoms with Gasteiger partial charge in [-0.25, -0.2) is 0 Å². The molecule has 2 fully saturated rings. The number of benzene rings is 2. The van der Waals surface area contributed by atoms with Gasteiger partial charge in [0, 0.05) is 0 Å². The monoisotopic (exact) mass is 282 g/mol. The Labute approximate surface area is 123 Å². The van der Waals surface area contributed by atoms with Crippen LogP contribution in [0.15, 0.2) is 24.3 Å². The van der Waals surface area contributed by atoms with Gasteiger partial charge >= 0.3 is 0 Å². The molecule has 0 N–H and O–H groups in total. The van der Waals surface area contributed by atoms with Gasteiger partial charge in [0.2, 0.25) is 0 Å². The molecule has 2 saturated heterocycles. The summed E-state index contributed by atoms with van der Waals surface area (Å²) >= 11 is 0. The molecule has 0 aromatic heterocycles. The molecule has 5 aliphatic heterocycles. The Bertz CT molecular complexity index is 688. The van der Waals surface area contributed by atoms with E-state index in [1.165, 1.54) is 33.0 Å². The second-order valence-electron chi connectivity index (χ2n) is 6.38. The van der Waals surface area contributed by atoms with E-state index in [4.69, 9.17) is 14.2 Å². The predicted octanol–water partition coefficient (Wildman–Crippen LogP) is 3.37. The normalized spacial score (nSPS) is 33.2. The van der Waals surface area contributed by atoms with Gasteiger partial charge in [0.05, 0.1) is 13.2 Å². The maximum Gasteiger partial charge on any atom is 0.112 e. The van der Waals surface area contributed by atoms with Crippen LogP contribution in [0, 0.1) is 13.8 Å². The van der Waals surface area contributed by atoms with Crippen molar-refractivity contribution in [1.82, 2.24) is 0 Å². The van der Waals surface area contributed by atoms with E-state index in [-0.39, 0.29) is 24.4 Å². The minimum Gasteiger partial charge on any atom is -0.376 e. The largest absolute Gasteiger partial charge is 0.376 e. The van der Waals surface area contributed by atoms with Crippen LogP contribution in [0.4, 0.5) is 0 Å². The Balaban J connectivity index is 1.74. The molecule has 5 heterocycles. The molecule has 0 amide bonds. The van der Waals surface area contributed by atoms with Crippen molar-refractivity contribution in [1.29, 1.82) is 0 Å². The van der Waals surface area contributed by atoms with Crippen LogP contribution in [0.1, 0.15) is 34.5 Å². The highest BCUT2D eigenvalue weighted by atomic mass is 16.6. The zero-order valence-electron chi connectivity index (χ0n) is 12.3. The van der Waals surface area contributed by atoms with Gasteiger partial charge < -0.3 is 14.2 Å². The van der Waals surface area contributed by atoms with Gasteiger partial charge in [-0.05, 0) is 46.9 Å². The highest BCUT2D eigenvalue weighted by molar-refractivity contribution is 5.90. The zero-order valence-corrected chi connectivity index (χ0v) is 12.3. The van der Waals surface area contributed by atoms with Gasteiger partial charge in [-0.2, -0.15) is 0 Å². The van der Waals surface area contributed by atoms with Crippen molar-refractivity contribution in [3.63, 3.8) is 0 Å². The fourth-order valence-electron chi connectivity index (χ4n) is 3.74. The molecule has 4 bridgehead atoms. The molecule has 5 aliphatic rings. The van der Waals surface area contributed by atoms with Crippen LogP contribution in [0.2, 0.25) is 0 Å². The van der Waals surface area contributed by atoms with Crippen LogP contribution in [-0.4, -0.2) is 25.4 Å². The number of rotatable bonds is 0. The van der Waals surface area contributed by atoms with E-state index in [2.05, 4.69) is 38.1 Å². The molecular weight excluding hydrogens is 264 g/mol. The first-order valence-corrected chi connectivity index (χ1v) is 7.65. The number of fused-ring (bicyclic) bond motifs is 2. The highest BCUT2D eigenvalue weighted by Gasteiger charge is 2.45. The topological polar surface area (TPSA) is 34.3 Å². The second-order valence-corrected chi connectivity index (χ2v) is 6.38. The number of aryl methyl sites for hydroxylation is 2. The summed E-state index contributed by atoms with van der Waals surface area (Å²) in [5.41, 5.74) is 5.29. The molecule has 4 unspecified atom stereocenters. The van der Waals surface area contributed by atoms with Gasteiger partial charge in [0.25, 0.3) is 0 Å². The van der Waals surface area contributed by atoms with Crippen LogP contribution in [0.5, 0.6) is 0 Å². The van der Waals surface area contributed by atoms with Crippen LogP contribution >= 0.6 is 0 Å². The molecule has 0 spiro atoms. The van der Waals surface area contributed by atoms with Gasteiger partial charge in [0.15, 0.2) is 0 Å². The van der Waals surface area contributed by atoms with Gasteiger partial charge in [0.1, 0.15) is 24.4 Å². The van der Waals surface area contributed by atoms with E-state index in [0.29, 0.717) is 13.2 Å². The number of ether oxygens (including phenoxy) is 3. The van der Waals surface area contributed by atoms with Crippen LogP contribution in [-0.2, 0) is 14.2 Å². The van der Waals surface area contributed by atoms with Crippen molar-refractivity contribution in [2.75, 3.05) is 13.2 Å². The lowest BCUT2D eigenvalue weighted by Crippen LogP contribution is -2.08. The van der Waals surface area contributed by atoms with Gasteiger partial charge in [-0.15, -0.1) is 0 Å². The summed E-state index contributed by atoms with van der Waals surface area (Å²) in [6.45, 7) is 5.73. The van der Waals surface area contributed by atoms with E-state index in [1.807, 2.05) is 0 Å². The molecule has 0 saturated carbocycles. The molecule has 108 valence electrons. The summed E-state index contributed by atoms with van der Waals surface area (Å²) in [6.07, 6.45) is 0.814. The van der Waals surface area contributed by atoms with Crippen molar-refractivity contribution < 1.29 is 14.2 Å². The lowest BCUT2D eigenvalue weighted by atomic mass is 9.91. The average molecular weight is 282 g/mol. The fraction of sp³-hybridized carbons (Fsp3) is 0.444. The average Bonchev–Trinajstić information content (AvgIpc) is 3.37. The summed E-state index contributed by atoms with van der Waals surface area (Å²) < 4.78 is 17.4. The Hall–Kier alpha value is -1.42. The first-order chi connectivity index (χ1) is 10.2. The van der Waals surface area contributed by atoms with Crippen molar-refractivity contribution in [3.8, 4) is 0 Å². The molecule has 7 rings (SSSR count). The maximum absolute atomic E-state index is 5.81. The summed E-state index contributed by atoms with van der Waals surface area (Å²) in [4.78, 5) is 0. The molecule has 2 aromatic carbocycles. The standard InChI is InChI=1S/C18H18O3/c1-9-11-3-6-14-10(2)12(11)4-5-13(9)17-15(20-17)7-19-8-16-18(14)21-16/h3-6,15-18H,7-8H2,1-2H3. The van der Waals surface area contributed by atoms with E-state index < -0.39 is 0 Å². The highest BCUT2D eigenvalue weighted by Crippen LogP contribution is 2.46. The summed E-state index contributed by atoms with van der Waals surface area (Å²) in [7, 11) is 0. The fourth-order valence-corrected chi connectivity index (χ4v) is 3.74. The lowest BCUT2D eigenvalue weighted by Gasteiger charge is -2.12. The Morgan fingerprint density at radius 3 is 1.71 bits per heavy atom. The second kappa shape index (κ2) is 4.07. The first kappa shape index (κ1) is 12.2. The van der Waals surface area contributed by atoms with Crippen LogP contribution < -0.4 is 0 Å². The van der Waals surface area contributed by atoms with Gasteiger partial charge in [-0.1, -0.05) is 24.3 Å². The molecule has 3 nitrogen and oxygen atoms in total. The minimum absolute atomic E-state index is 0.200. The maximum atomic E-state index is 5.81. The van der Waals surface area contributed by atoms with Crippen molar-refractivity contribution >= 4 is 10.8 Å². The van der Waals surface area contributed by atoms with Crippen molar-refractivity contribution in [2.24, 2.45) is 0 Å².